The van der Waals surface area contributed by atoms with E-state index in [0.717, 1.165) is 25.7 Å². The number of ether oxygens (including phenoxy) is 1. The molecule has 0 unspecified atom stereocenters. The van der Waals surface area contributed by atoms with E-state index in [4.69, 9.17) is 15.6 Å². The van der Waals surface area contributed by atoms with E-state index in [2.05, 4.69) is 15.6 Å². The number of aromatic nitrogens is 1. The molecule has 0 atom stereocenters. The summed E-state index contributed by atoms with van der Waals surface area (Å²) in [7, 11) is 0. The number of carbonyl (C=O) groups is 2. The Labute approximate surface area is 134 Å². The molecule has 8 nitrogen and oxygen atoms in total. The number of hydrogen-bond donors (Lipinski definition) is 4. The molecule has 0 aromatic carbocycles. The number of anilines is 1. The fourth-order valence-electron chi connectivity index (χ4n) is 2.72. The van der Waals surface area contributed by atoms with Gasteiger partial charge in [0.15, 0.2) is 0 Å². The summed E-state index contributed by atoms with van der Waals surface area (Å²) in [5.74, 6) is 0.270. The van der Waals surface area contributed by atoms with Gasteiger partial charge < -0.3 is 26.2 Å². The minimum absolute atomic E-state index is 0.00901. The first-order valence-corrected chi connectivity index (χ1v) is 7.69. The second kappa shape index (κ2) is 7.66. The monoisotopic (exact) mass is 322 g/mol. The summed E-state index contributed by atoms with van der Waals surface area (Å²) in [5, 5.41) is 14.5. The van der Waals surface area contributed by atoms with Gasteiger partial charge in [0, 0.05) is 12.1 Å². The van der Waals surface area contributed by atoms with Crippen molar-refractivity contribution in [1.82, 2.24) is 10.3 Å². The highest BCUT2D eigenvalue weighted by atomic mass is 16.5. The number of rotatable bonds is 6. The zero-order valence-electron chi connectivity index (χ0n) is 13.0. The van der Waals surface area contributed by atoms with Gasteiger partial charge in [-0.05, 0) is 44.7 Å². The lowest BCUT2D eigenvalue weighted by atomic mass is 9.91. The molecule has 1 saturated carbocycles. The Morgan fingerprint density at radius 1 is 1.30 bits per heavy atom. The number of amides is 2. The Morgan fingerprint density at radius 2 is 1.96 bits per heavy atom. The van der Waals surface area contributed by atoms with Crippen molar-refractivity contribution in [3.05, 3.63) is 17.7 Å². The number of nitrogens with two attached hydrogens (primary N) is 1. The third kappa shape index (κ3) is 4.73. The summed E-state index contributed by atoms with van der Waals surface area (Å²) in [6.07, 6.45) is 2.26. The van der Waals surface area contributed by atoms with Crippen LogP contribution >= 0.6 is 0 Å². The standard InChI is InChI=1S/C15H22N4O4/c1-2-23-14-11(13(16)20)7-8-12(19-14)17-9-3-5-10(6-4-9)18-15(21)22/h7-10,18H,2-6H2,1H3,(H2,16,20)(H,17,19)(H,21,22). The van der Waals surface area contributed by atoms with Crippen molar-refractivity contribution >= 4 is 17.8 Å². The van der Waals surface area contributed by atoms with Gasteiger partial charge in [-0.1, -0.05) is 0 Å². The van der Waals surface area contributed by atoms with Crippen molar-refractivity contribution < 1.29 is 19.4 Å². The maximum Gasteiger partial charge on any atom is 0.404 e. The number of pyridine rings is 1. The third-order valence-corrected chi connectivity index (χ3v) is 3.81. The number of hydrogen-bond acceptors (Lipinski definition) is 5. The molecule has 2 amide bonds. The lowest BCUT2D eigenvalue weighted by molar-refractivity contribution is 0.0995. The van der Waals surface area contributed by atoms with Crippen molar-refractivity contribution in [1.29, 1.82) is 0 Å². The predicted molar refractivity (Wildman–Crippen MR) is 84.8 cm³/mol. The molecule has 0 spiro atoms. The molecule has 0 radical (unpaired) electrons. The molecular formula is C15H22N4O4. The number of nitrogens with one attached hydrogen (secondary N) is 2. The average Bonchev–Trinajstić information content (AvgIpc) is 2.49. The van der Waals surface area contributed by atoms with Gasteiger partial charge in [-0.2, -0.15) is 4.98 Å². The molecule has 2 rings (SSSR count). The minimum Gasteiger partial charge on any atom is -0.477 e. The summed E-state index contributed by atoms with van der Waals surface area (Å²) in [4.78, 5) is 26.3. The van der Waals surface area contributed by atoms with Crippen LogP contribution in [-0.2, 0) is 0 Å². The summed E-state index contributed by atoms with van der Waals surface area (Å²) < 4.78 is 5.36. The van der Waals surface area contributed by atoms with Gasteiger partial charge in [-0.15, -0.1) is 0 Å². The molecule has 8 heteroatoms. The molecule has 126 valence electrons. The molecule has 23 heavy (non-hydrogen) atoms. The maximum atomic E-state index is 11.3. The molecule has 1 aliphatic rings. The Bertz CT molecular complexity index is 571. The highest BCUT2D eigenvalue weighted by Gasteiger charge is 2.23. The van der Waals surface area contributed by atoms with E-state index in [1.54, 1.807) is 12.1 Å². The minimum atomic E-state index is -0.980. The Hall–Kier alpha value is -2.51. The maximum absolute atomic E-state index is 11.3. The summed E-state index contributed by atoms with van der Waals surface area (Å²) in [5.41, 5.74) is 5.56. The van der Waals surface area contributed by atoms with Gasteiger partial charge in [-0.25, -0.2) is 4.79 Å². The lowest BCUT2D eigenvalue weighted by Gasteiger charge is -2.29. The molecule has 0 aliphatic heterocycles. The smallest absolute Gasteiger partial charge is 0.404 e. The molecule has 0 bridgehead atoms. The van der Waals surface area contributed by atoms with E-state index in [1.807, 2.05) is 6.92 Å². The van der Waals surface area contributed by atoms with Gasteiger partial charge in [0.2, 0.25) is 5.88 Å². The van der Waals surface area contributed by atoms with E-state index >= 15 is 0 Å². The van der Waals surface area contributed by atoms with Crippen LogP contribution in [0.4, 0.5) is 10.6 Å². The first-order valence-electron chi connectivity index (χ1n) is 7.69. The Morgan fingerprint density at radius 3 is 2.52 bits per heavy atom. The van der Waals surface area contributed by atoms with Crippen LogP contribution in [0.5, 0.6) is 5.88 Å². The van der Waals surface area contributed by atoms with Gasteiger partial charge in [-0.3, -0.25) is 4.79 Å². The summed E-state index contributed by atoms with van der Waals surface area (Å²) in [6.45, 7) is 2.20. The van der Waals surface area contributed by atoms with Crippen molar-refractivity contribution in [2.75, 3.05) is 11.9 Å². The molecule has 0 saturated heterocycles. The first-order chi connectivity index (χ1) is 11.0. The van der Waals surface area contributed by atoms with Gasteiger partial charge in [0.05, 0.1) is 6.61 Å². The van der Waals surface area contributed by atoms with Gasteiger partial charge in [0.1, 0.15) is 11.4 Å². The van der Waals surface area contributed by atoms with Crippen LogP contribution in [-0.4, -0.2) is 40.8 Å². The largest absolute Gasteiger partial charge is 0.477 e. The highest BCUT2D eigenvalue weighted by Crippen LogP contribution is 2.24. The van der Waals surface area contributed by atoms with Crippen LogP contribution in [0.3, 0.4) is 0 Å². The average molecular weight is 322 g/mol. The summed E-state index contributed by atoms with van der Waals surface area (Å²) >= 11 is 0. The van der Waals surface area contributed by atoms with Crippen LogP contribution in [0.2, 0.25) is 0 Å². The van der Waals surface area contributed by atoms with E-state index in [1.165, 1.54) is 0 Å². The highest BCUT2D eigenvalue weighted by molar-refractivity contribution is 5.95. The first kappa shape index (κ1) is 16.9. The fraction of sp³-hybridized carbons (Fsp3) is 0.533. The molecule has 1 aromatic heterocycles. The number of carboxylic acid groups (broad SMARTS) is 1. The van der Waals surface area contributed by atoms with E-state index in [0.29, 0.717) is 12.4 Å². The molecule has 1 aromatic rings. The molecule has 1 aliphatic carbocycles. The SMILES string of the molecule is CCOc1nc(NC2CCC(NC(=O)O)CC2)ccc1C(N)=O. The van der Waals surface area contributed by atoms with Crippen molar-refractivity contribution in [2.24, 2.45) is 5.73 Å². The predicted octanol–water partition coefficient (Wildman–Crippen LogP) is 1.57. The second-order valence-corrected chi connectivity index (χ2v) is 5.49. The van der Waals surface area contributed by atoms with Crippen molar-refractivity contribution in [3.8, 4) is 5.88 Å². The fourth-order valence-corrected chi connectivity index (χ4v) is 2.72. The van der Waals surface area contributed by atoms with Crippen LogP contribution in [0.15, 0.2) is 12.1 Å². The van der Waals surface area contributed by atoms with E-state index in [-0.39, 0.29) is 23.5 Å². The zero-order chi connectivity index (χ0) is 16.8. The van der Waals surface area contributed by atoms with Crippen molar-refractivity contribution in [2.45, 2.75) is 44.7 Å². The van der Waals surface area contributed by atoms with E-state index in [9.17, 15) is 9.59 Å². The van der Waals surface area contributed by atoms with Gasteiger partial charge in [0.25, 0.3) is 5.91 Å². The third-order valence-electron chi connectivity index (χ3n) is 3.81. The number of carbonyl (C=O) groups excluding carboxylic acids is 1. The normalized spacial score (nSPS) is 20.6. The van der Waals surface area contributed by atoms with E-state index < -0.39 is 12.0 Å². The van der Waals surface area contributed by atoms with Gasteiger partial charge >= 0.3 is 6.09 Å². The quantitative estimate of drug-likeness (QED) is 0.629. The molecular weight excluding hydrogens is 300 g/mol. The van der Waals surface area contributed by atoms with Crippen LogP contribution < -0.4 is 21.1 Å². The lowest BCUT2D eigenvalue weighted by Crippen LogP contribution is -2.39. The Balaban J connectivity index is 1.97. The topological polar surface area (TPSA) is 127 Å². The zero-order valence-corrected chi connectivity index (χ0v) is 13.0. The van der Waals surface area contributed by atoms with Crippen LogP contribution in [0.1, 0.15) is 43.0 Å². The molecule has 1 fully saturated rings. The molecule has 1 heterocycles. The van der Waals surface area contributed by atoms with Crippen molar-refractivity contribution in [3.63, 3.8) is 0 Å². The molecule has 5 N–H and O–H groups in total. The van der Waals surface area contributed by atoms with Crippen LogP contribution in [0.25, 0.3) is 0 Å². The second-order valence-electron chi connectivity index (χ2n) is 5.49. The summed E-state index contributed by atoms with van der Waals surface area (Å²) in [6, 6.07) is 3.52. The Kier molecular flexibility index (Phi) is 5.61. The van der Waals surface area contributed by atoms with Crippen LogP contribution in [0, 0.1) is 0 Å². The number of nitrogens with zero attached hydrogens (tertiary/aromatic N) is 1. The number of primary amides is 1.